The molecule has 0 bridgehead atoms. The molecule has 0 saturated carbocycles. The number of rotatable bonds is 0. The van der Waals surface area contributed by atoms with Crippen LogP contribution in [0.1, 0.15) is 0 Å². The van der Waals surface area contributed by atoms with Gasteiger partial charge in [0.2, 0.25) is 0 Å². The van der Waals surface area contributed by atoms with Crippen LogP contribution in [0, 0.1) is 4.64 Å². The number of pyridine rings is 1. The van der Waals surface area contributed by atoms with Crippen LogP contribution in [0.2, 0.25) is 0 Å². The van der Waals surface area contributed by atoms with Crippen molar-refractivity contribution in [1.29, 1.82) is 0 Å². The molecule has 0 amide bonds. The second kappa shape index (κ2) is 7.62. The zero-order valence-corrected chi connectivity index (χ0v) is 10.8. The van der Waals surface area contributed by atoms with Crippen LogP contribution in [-0.2, 0) is 10.4 Å². The van der Waals surface area contributed by atoms with E-state index in [0.29, 0.717) is 4.64 Å². The van der Waals surface area contributed by atoms with Gasteiger partial charge in [-0.25, -0.2) is 0 Å². The Kier molecular flexibility index (Phi) is 9.13. The van der Waals surface area contributed by atoms with Crippen molar-refractivity contribution in [3.8, 4) is 0 Å². The van der Waals surface area contributed by atoms with Crippen molar-refractivity contribution >= 4 is 58.3 Å². The van der Waals surface area contributed by atoms with Gasteiger partial charge in [-0.1, -0.05) is 12.2 Å². The van der Waals surface area contributed by atoms with E-state index in [1.165, 1.54) is 0 Å². The van der Waals surface area contributed by atoms with Crippen molar-refractivity contribution < 1.29 is 17.5 Å². The van der Waals surface area contributed by atoms with Crippen LogP contribution >= 0.6 is 24.8 Å². The smallest absolute Gasteiger partial charge is 0.759 e. The van der Waals surface area contributed by atoms with E-state index in [9.17, 15) is 0 Å². The molecule has 1 rings (SSSR count). The van der Waals surface area contributed by atoms with Crippen LogP contribution in [0.15, 0.2) is 23.2 Å². The molecule has 0 aliphatic carbocycles. The average molecular weight is 264 g/mol. The summed E-state index contributed by atoms with van der Waals surface area (Å²) >= 11 is 8.88. The van der Waals surface area contributed by atoms with E-state index in [4.69, 9.17) is 29.7 Å². The molecular formula is C5H5MgNO4S3. The number of aromatic amines is 1. The van der Waals surface area contributed by atoms with Gasteiger partial charge in [-0.15, -0.1) is 12.6 Å². The number of thiol groups is 1. The van der Waals surface area contributed by atoms with Crippen molar-refractivity contribution in [3.05, 3.63) is 23.0 Å². The summed E-state index contributed by atoms with van der Waals surface area (Å²) in [7, 11) is -5.17. The van der Waals surface area contributed by atoms with Gasteiger partial charge in [-0.3, -0.25) is 8.42 Å². The van der Waals surface area contributed by atoms with E-state index in [1.54, 1.807) is 6.20 Å². The zero-order chi connectivity index (χ0) is 10.5. The Balaban J connectivity index is 0. The fourth-order valence-electron chi connectivity index (χ4n) is 0.413. The molecule has 0 radical (unpaired) electrons. The van der Waals surface area contributed by atoms with E-state index < -0.39 is 10.4 Å². The van der Waals surface area contributed by atoms with E-state index in [1.807, 2.05) is 12.1 Å². The van der Waals surface area contributed by atoms with Crippen LogP contribution in [-0.4, -0.2) is 45.6 Å². The molecule has 0 unspecified atom stereocenters. The molecule has 0 spiro atoms. The Morgan fingerprint density at radius 2 is 1.86 bits per heavy atom. The summed E-state index contributed by atoms with van der Waals surface area (Å²) in [5, 5.41) is 0. The normalized spacial score (nSPS) is 9.36. The van der Waals surface area contributed by atoms with E-state index in [2.05, 4.69) is 17.6 Å². The molecule has 0 aliphatic heterocycles. The molecule has 0 aromatic carbocycles. The fraction of sp³-hybridized carbons (Fsp3) is 0. The number of aromatic nitrogens is 1. The van der Waals surface area contributed by atoms with Gasteiger partial charge >= 0.3 is 23.1 Å². The molecule has 1 aromatic rings. The molecular weight excluding hydrogens is 259 g/mol. The number of nitrogens with one attached hydrogen (secondary N) is 1. The third kappa shape index (κ3) is 12.4. The van der Waals surface area contributed by atoms with Crippen molar-refractivity contribution in [2.24, 2.45) is 0 Å². The molecule has 0 atom stereocenters. The monoisotopic (exact) mass is 263 g/mol. The molecule has 14 heavy (non-hydrogen) atoms. The molecule has 0 saturated heterocycles. The molecule has 1 N–H and O–H groups in total. The quantitative estimate of drug-likeness (QED) is 0.231. The van der Waals surface area contributed by atoms with Gasteiger partial charge in [0, 0.05) is 21.5 Å². The maximum Gasteiger partial charge on any atom is 2.00 e. The van der Waals surface area contributed by atoms with E-state index >= 15 is 0 Å². The predicted octanol–water partition coefficient (Wildman–Crippen LogP) is 0.314. The van der Waals surface area contributed by atoms with E-state index in [-0.39, 0.29) is 23.1 Å². The minimum Gasteiger partial charge on any atom is -0.759 e. The van der Waals surface area contributed by atoms with Gasteiger partial charge in [-0.2, -0.15) is 0 Å². The first-order valence-electron chi connectivity index (χ1n) is 2.84. The van der Waals surface area contributed by atoms with Crippen LogP contribution in [0.25, 0.3) is 0 Å². The Morgan fingerprint density at radius 1 is 1.43 bits per heavy atom. The van der Waals surface area contributed by atoms with Gasteiger partial charge in [-0.05, 0) is 12.1 Å². The largest absolute Gasteiger partial charge is 2.00 e. The molecule has 1 aromatic heterocycles. The summed E-state index contributed by atoms with van der Waals surface area (Å²) in [5.41, 5.74) is 0. The van der Waals surface area contributed by atoms with Crippen LogP contribution in [0.3, 0.4) is 0 Å². The molecule has 5 nitrogen and oxygen atoms in total. The third-order valence-electron chi connectivity index (χ3n) is 0.797. The average Bonchev–Trinajstić information content (AvgIpc) is 1.92. The van der Waals surface area contributed by atoms with Crippen LogP contribution in [0.5, 0.6) is 0 Å². The maximum absolute atomic E-state index is 8.52. The number of hydrogen-bond donors (Lipinski definition) is 2. The van der Waals surface area contributed by atoms with Gasteiger partial charge in [0.15, 0.2) is 0 Å². The van der Waals surface area contributed by atoms with Crippen molar-refractivity contribution in [3.63, 3.8) is 0 Å². The van der Waals surface area contributed by atoms with Gasteiger partial charge in [0.05, 0.1) is 0 Å². The van der Waals surface area contributed by atoms with Gasteiger partial charge in [0.25, 0.3) is 0 Å². The summed E-state index contributed by atoms with van der Waals surface area (Å²) in [6, 6.07) is 3.71. The Bertz CT molecular complexity index is 407. The summed E-state index contributed by atoms with van der Waals surface area (Å²) in [6.07, 6.45) is 1.78. The van der Waals surface area contributed by atoms with Gasteiger partial charge in [0.1, 0.15) is 4.64 Å². The Morgan fingerprint density at radius 3 is 2.07 bits per heavy atom. The third-order valence-corrected chi connectivity index (χ3v) is 1.66. The number of hydrogen-bond acceptors (Lipinski definition) is 6. The van der Waals surface area contributed by atoms with Crippen molar-refractivity contribution in [2.45, 2.75) is 4.90 Å². The first kappa shape index (κ1) is 16.8. The van der Waals surface area contributed by atoms with Crippen LogP contribution in [0.4, 0.5) is 0 Å². The first-order chi connectivity index (χ1) is 5.80. The fourth-order valence-corrected chi connectivity index (χ4v) is 0.699. The summed E-state index contributed by atoms with van der Waals surface area (Å²) in [6.45, 7) is 0. The second-order valence-corrected chi connectivity index (χ2v) is 3.50. The second-order valence-electron chi connectivity index (χ2n) is 1.79. The number of H-pyrrole nitrogens is 1. The maximum atomic E-state index is 8.52. The standard InChI is InChI=1S/C5H5NS2.Mg.H2O4S/c7-4-2-1-3-6-5(4)8;;1-5(2,3)4/h1-3,7H,(H,6,8);;(H2,1,2,3,4)/q;+2;/p-2. The van der Waals surface area contributed by atoms with Crippen molar-refractivity contribution in [1.82, 2.24) is 4.98 Å². The molecule has 9 heteroatoms. The minimum atomic E-state index is -5.17. The predicted molar refractivity (Wildman–Crippen MR) is 55.1 cm³/mol. The molecule has 0 aliphatic rings. The topological polar surface area (TPSA) is 96.1 Å². The summed E-state index contributed by atoms with van der Waals surface area (Å²) in [5.74, 6) is 0. The zero-order valence-electron chi connectivity index (χ0n) is 6.84. The minimum absolute atomic E-state index is 0. The summed E-state index contributed by atoms with van der Waals surface area (Å²) in [4.78, 5) is 3.66. The van der Waals surface area contributed by atoms with Crippen molar-refractivity contribution in [2.75, 3.05) is 0 Å². The van der Waals surface area contributed by atoms with Crippen LogP contribution < -0.4 is 0 Å². The van der Waals surface area contributed by atoms with E-state index in [0.717, 1.165) is 4.90 Å². The Hall–Kier alpha value is 0.356. The molecule has 74 valence electrons. The molecule has 0 fully saturated rings. The summed E-state index contributed by atoms with van der Waals surface area (Å²) < 4.78 is 34.8. The SMILES string of the molecule is O=S(=O)([O-])[O-].S=c1[nH]cccc1S.[Mg+2]. The van der Waals surface area contributed by atoms with Gasteiger partial charge < -0.3 is 14.1 Å². The Labute approximate surface area is 108 Å². The first-order valence-corrected chi connectivity index (χ1v) is 5.03. The molecule has 1 heterocycles.